The van der Waals surface area contributed by atoms with Crippen LogP contribution in [0.1, 0.15) is 18.4 Å². The maximum Gasteiger partial charge on any atom is 0.350 e. The number of nitrogens with zero attached hydrogens (tertiary/aromatic N) is 4. The van der Waals surface area contributed by atoms with E-state index in [1.54, 1.807) is 36.5 Å². The van der Waals surface area contributed by atoms with E-state index in [2.05, 4.69) is 10.3 Å². The lowest BCUT2D eigenvalue weighted by Gasteiger charge is -2.08. The Morgan fingerprint density at radius 3 is 3.00 bits per heavy atom. The van der Waals surface area contributed by atoms with Crippen molar-refractivity contribution in [1.82, 2.24) is 14.2 Å². The molecule has 2 aromatic heterocycles. The van der Waals surface area contributed by atoms with Gasteiger partial charge in [-0.3, -0.25) is 4.40 Å². The summed E-state index contributed by atoms with van der Waals surface area (Å²) >= 11 is 0. The average Bonchev–Trinajstić information content (AvgIpc) is 3.31. The van der Waals surface area contributed by atoms with E-state index in [0.29, 0.717) is 29.9 Å². The molecule has 0 amide bonds. The predicted molar refractivity (Wildman–Crippen MR) is 97.5 cm³/mol. The molecule has 1 aromatic carbocycles. The molecule has 4 rings (SSSR count). The van der Waals surface area contributed by atoms with E-state index >= 15 is 0 Å². The molecule has 0 fully saturated rings. The number of esters is 1. The molecular formula is C19H17FN4O4. The summed E-state index contributed by atoms with van der Waals surface area (Å²) in [7, 11) is 0. The summed E-state index contributed by atoms with van der Waals surface area (Å²) in [6.07, 6.45) is 1.44. The Hall–Kier alpha value is -3.49. The Morgan fingerprint density at radius 2 is 2.18 bits per heavy atom. The summed E-state index contributed by atoms with van der Waals surface area (Å²) in [4.78, 5) is 29.4. The highest BCUT2D eigenvalue weighted by Gasteiger charge is 2.30. The smallest absolute Gasteiger partial charge is 0.350 e. The van der Waals surface area contributed by atoms with Crippen LogP contribution in [0.2, 0.25) is 0 Å². The Morgan fingerprint density at radius 1 is 1.29 bits per heavy atom. The number of halogens is 1. The van der Waals surface area contributed by atoms with Gasteiger partial charge in [0.15, 0.2) is 5.65 Å². The summed E-state index contributed by atoms with van der Waals surface area (Å²) in [5.74, 6) is -0.925. The molecule has 3 aromatic rings. The fraction of sp³-hybridized carbons (Fsp3) is 0.263. The Kier molecular flexibility index (Phi) is 4.88. The molecule has 144 valence electrons. The van der Waals surface area contributed by atoms with Crippen molar-refractivity contribution in [3.63, 3.8) is 0 Å². The number of pyridine rings is 1. The first-order valence-corrected chi connectivity index (χ1v) is 8.81. The van der Waals surface area contributed by atoms with Gasteiger partial charge >= 0.3 is 11.7 Å². The number of benzene rings is 1. The van der Waals surface area contributed by atoms with Crippen LogP contribution in [0.15, 0.2) is 58.6 Å². The number of rotatable bonds is 6. The van der Waals surface area contributed by atoms with E-state index in [0.717, 1.165) is 0 Å². The fourth-order valence-corrected chi connectivity index (χ4v) is 2.94. The highest BCUT2D eigenvalue weighted by molar-refractivity contribution is 6.03. The van der Waals surface area contributed by atoms with Crippen molar-refractivity contribution in [3.05, 3.63) is 70.5 Å². The number of fused-ring (bicyclic) bond motifs is 1. The monoisotopic (exact) mass is 384 g/mol. The van der Waals surface area contributed by atoms with Crippen LogP contribution in [0.25, 0.3) is 5.65 Å². The molecule has 0 N–H and O–H groups in total. The first kappa shape index (κ1) is 17.9. The van der Waals surface area contributed by atoms with E-state index in [9.17, 15) is 14.0 Å². The normalized spacial score (nSPS) is 16.0. The maximum absolute atomic E-state index is 13.3. The molecule has 9 heteroatoms. The van der Waals surface area contributed by atoms with Crippen molar-refractivity contribution in [2.75, 3.05) is 6.61 Å². The third kappa shape index (κ3) is 3.64. The first-order chi connectivity index (χ1) is 13.6. The SMILES string of the molecule is O=C(OCCCn1nc2ccccn2c1=O)C1CC(c2cccc(F)c2)=NO1. The zero-order valence-corrected chi connectivity index (χ0v) is 14.8. The lowest BCUT2D eigenvalue weighted by Crippen LogP contribution is -2.25. The van der Waals surface area contributed by atoms with Crippen LogP contribution >= 0.6 is 0 Å². The minimum Gasteiger partial charge on any atom is -0.463 e. The van der Waals surface area contributed by atoms with E-state index in [4.69, 9.17) is 9.57 Å². The van der Waals surface area contributed by atoms with Gasteiger partial charge in [0.05, 0.1) is 12.3 Å². The highest BCUT2D eigenvalue weighted by atomic mass is 19.1. The van der Waals surface area contributed by atoms with E-state index < -0.39 is 12.1 Å². The zero-order valence-electron chi connectivity index (χ0n) is 14.8. The van der Waals surface area contributed by atoms with Gasteiger partial charge in [0.2, 0.25) is 6.10 Å². The third-order valence-corrected chi connectivity index (χ3v) is 4.34. The number of carbonyl (C=O) groups excluding carboxylic acids is 1. The largest absolute Gasteiger partial charge is 0.463 e. The van der Waals surface area contributed by atoms with Gasteiger partial charge < -0.3 is 9.57 Å². The first-order valence-electron chi connectivity index (χ1n) is 8.81. The Balaban J connectivity index is 1.26. The summed E-state index contributed by atoms with van der Waals surface area (Å²) in [5.41, 5.74) is 1.39. The minimum atomic E-state index is -0.851. The molecule has 1 aliphatic rings. The van der Waals surface area contributed by atoms with Gasteiger partial charge in [-0.1, -0.05) is 23.4 Å². The van der Waals surface area contributed by atoms with Crippen LogP contribution in [-0.2, 0) is 20.9 Å². The minimum absolute atomic E-state index is 0.119. The average molecular weight is 384 g/mol. The molecule has 0 saturated carbocycles. The molecule has 28 heavy (non-hydrogen) atoms. The van der Waals surface area contributed by atoms with Gasteiger partial charge in [0.25, 0.3) is 0 Å². The second-order valence-corrected chi connectivity index (χ2v) is 6.30. The summed E-state index contributed by atoms with van der Waals surface area (Å²) in [6, 6.07) is 11.2. The van der Waals surface area contributed by atoms with Crippen LogP contribution in [0, 0.1) is 5.82 Å². The molecule has 0 bridgehead atoms. The van der Waals surface area contributed by atoms with Crippen molar-refractivity contribution in [2.24, 2.45) is 5.16 Å². The number of aryl methyl sites for hydroxylation is 1. The molecule has 0 radical (unpaired) electrons. The zero-order chi connectivity index (χ0) is 19.5. The van der Waals surface area contributed by atoms with Gasteiger partial charge in [-0.15, -0.1) is 5.10 Å². The lowest BCUT2D eigenvalue weighted by atomic mass is 10.1. The topological polar surface area (TPSA) is 87.2 Å². The molecule has 3 heterocycles. The Labute approximate surface area is 158 Å². The second-order valence-electron chi connectivity index (χ2n) is 6.30. The number of hydrogen-bond acceptors (Lipinski definition) is 6. The molecule has 8 nitrogen and oxygen atoms in total. The molecular weight excluding hydrogens is 367 g/mol. The molecule has 1 atom stereocenters. The summed E-state index contributed by atoms with van der Waals surface area (Å²) in [6.45, 7) is 0.443. The van der Waals surface area contributed by atoms with Crippen LogP contribution in [0.5, 0.6) is 0 Å². The van der Waals surface area contributed by atoms with Crippen molar-refractivity contribution in [1.29, 1.82) is 0 Å². The fourth-order valence-electron chi connectivity index (χ4n) is 2.94. The molecule has 1 unspecified atom stereocenters. The number of aromatic nitrogens is 3. The summed E-state index contributed by atoms with van der Waals surface area (Å²) < 4.78 is 21.3. The summed E-state index contributed by atoms with van der Waals surface area (Å²) in [5, 5.41) is 8.06. The van der Waals surface area contributed by atoms with Crippen molar-refractivity contribution >= 4 is 17.3 Å². The molecule has 0 aliphatic carbocycles. The van der Waals surface area contributed by atoms with Crippen molar-refractivity contribution in [3.8, 4) is 0 Å². The highest BCUT2D eigenvalue weighted by Crippen LogP contribution is 2.18. The van der Waals surface area contributed by atoms with Crippen LogP contribution in [0.4, 0.5) is 4.39 Å². The molecule has 0 spiro atoms. The molecule has 0 saturated heterocycles. The van der Waals surface area contributed by atoms with Gasteiger partial charge in [-0.25, -0.2) is 18.7 Å². The van der Waals surface area contributed by atoms with Gasteiger partial charge in [-0.05, 0) is 24.3 Å². The maximum atomic E-state index is 13.3. The van der Waals surface area contributed by atoms with Crippen LogP contribution in [-0.4, -0.2) is 38.6 Å². The van der Waals surface area contributed by atoms with Gasteiger partial charge in [-0.2, -0.15) is 0 Å². The number of hydrogen-bond donors (Lipinski definition) is 0. The van der Waals surface area contributed by atoms with Gasteiger partial charge in [0, 0.05) is 31.1 Å². The number of carbonyl (C=O) groups is 1. The standard InChI is InChI=1S/C19H17FN4O4/c20-14-6-3-5-13(11-14)15-12-16(28-22-15)18(25)27-10-4-9-24-19(26)23-8-2-1-7-17(23)21-24/h1-3,5-8,11,16H,4,9-10,12H2. The van der Waals surface area contributed by atoms with Crippen LogP contribution < -0.4 is 5.69 Å². The van der Waals surface area contributed by atoms with Crippen LogP contribution in [0.3, 0.4) is 0 Å². The van der Waals surface area contributed by atoms with E-state index in [-0.39, 0.29) is 24.5 Å². The second kappa shape index (κ2) is 7.63. The number of ether oxygens (including phenoxy) is 1. The lowest BCUT2D eigenvalue weighted by molar-refractivity contribution is -0.155. The van der Waals surface area contributed by atoms with Crippen molar-refractivity contribution in [2.45, 2.75) is 25.5 Å². The number of oxime groups is 1. The quantitative estimate of drug-likeness (QED) is 0.477. The van der Waals surface area contributed by atoms with Crippen molar-refractivity contribution < 1.29 is 18.8 Å². The molecule has 1 aliphatic heterocycles. The van der Waals surface area contributed by atoms with E-state index in [1.165, 1.54) is 21.2 Å². The van der Waals surface area contributed by atoms with E-state index in [1.807, 2.05) is 0 Å². The third-order valence-electron chi connectivity index (χ3n) is 4.34. The van der Waals surface area contributed by atoms with Gasteiger partial charge in [0.1, 0.15) is 5.82 Å². The predicted octanol–water partition coefficient (Wildman–Crippen LogP) is 1.76. The Bertz CT molecular complexity index is 1100.